The highest BCUT2D eigenvalue weighted by molar-refractivity contribution is 6.08. The maximum Gasteiger partial charge on any atom is 0.329 e. The van der Waals surface area contributed by atoms with Gasteiger partial charge in [0.2, 0.25) is 0 Å². The van der Waals surface area contributed by atoms with E-state index >= 15 is 0 Å². The number of carbonyl (C=O) groups excluding carboxylic acids is 4. The highest BCUT2D eigenvalue weighted by atomic mass is 16.5. The van der Waals surface area contributed by atoms with E-state index in [4.69, 9.17) is 29.2 Å². The van der Waals surface area contributed by atoms with Crippen LogP contribution in [0.15, 0.2) is 0 Å². The smallest absolute Gasteiger partial charge is 0.329 e. The zero-order chi connectivity index (χ0) is 27.6. The zero-order valence-corrected chi connectivity index (χ0v) is 22.1. The molecule has 2 aliphatic heterocycles. The first kappa shape index (κ1) is 30.9. The van der Waals surface area contributed by atoms with E-state index in [-0.39, 0.29) is 85.8 Å². The molecule has 0 aromatic heterocycles. The van der Waals surface area contributed by atoms with Gasteiger partial charge in [0.25, 0.3) is 11.8 Å². The van der Waals surface area contributed by atoms with E-state index in [0.717, 1.165) is 9.80 Å². The third-order valence-corrected chi connectivity index (χ3v) is 6.23. The third-order valence-electron chi connectivity index (χ3n) is 6.23. The minimum absolute atomic E-state index is 0.0271. The first-order chi connectivity index (χ1) is 17.5. The van der Waals surface area contributed by atoms with Crippen molar-refractivity contribution in [2.45, 2.75) is 38.8 Å². The molecule has 14 nitrogen and oxygen atoms in total. The van der Waals surface area contributed by atoms with Crippen molar-refractivity contribution in [1.29, 1.82) is 0 Å². The van der Waals surface area contributed by atoms with Crippen LogP contribution in [0.25, 0.3) is 0 Å². The molecule has 2 N–H and O–H groups in total. The van der Waals surface area contributed by atoms with Crippen LogP contribution in [0.2, 0.25) is 0 Å². The summed E-state index contributed by atoms with van der Waals surface area (Å²) in [5.41, 5.74) is -2.46. The van der Waals surface area contributed by atoms with E-state index in [9.17, 15) is 19.2 Å². The Kier molecular flexibility index (Phi) is 11.7. The average Bonchev–Trinajstić information content (AvgIpc) is 3.11. The van der Waals surface area contributed by atoms with Gasteiger partial charge >= 0.3 is 12.1 Å². The first-order valence-electron chi connectivity index (χ1n) is 12.3. The van der Waals surface area contributed by atoms with Gasteiger partial charge in [0.1, 0.15) is 17.7 Å². The Morgan fingerprint density at radius 1 is 0.568 bits per heavy atom. The summed E-state index contributed by atoms with van der Waals surface area (Å²) in [5.74, 6) is -0.857. The quantitative estimate of drug-likeness (QED) is 0.167. The van der Waals surface area contributed by atoms with Crippen molar-refractivity contribution in [2.75, 3.05) is 85.8 Å². The number of ether oxygens (including phenoxy) is 4. The molecule has 0 atom stereocenters. The van der Waals surface area contributed by atoms with Crippen molar-refractivity contribution in [1.82, 2.24) is 19.6 Å². The lowest BCUT2D eigenvalue weighted by molar-refractivity contribution is -0.133. The number of rotatable bonds is 18. The molecule has 0 aromatic rings. The predicted octanol–water partition coefficient (Wildman–Crippen LogP) is -0.919. The van der Waals surface area contributed by atoms with E-state index in [1.54, 1.807) is 27.7 Å². The Morgan fingerprint density at radius 2 is 0.892 bits per heavy atom. The van der Waals surface area contributed by atoms with Gasteiger partial charge in [-0.25, -0.2) is 9.59 Å². The number of amides is 6. The van der Waals surface area contributed by atoms with Crippen molar-refractivity contribution in [3.05, 3.63) is 0 Å². The monoisotopic (exact) mass is 532 g/mol. The summed E-state index contributed by atoms with van der Waals surface area (Å²) in [6.45, 7) is 7.68. The maximum absolute atomic E-state index is 13.2. The maximum atomic E-state index is 13.2. The lowest BCUT2D eigenvalue weighted by atomic mass is 10.0. The molecular weight excluding hydrogens is 492 g/mol. The first-order valence-corrected chi connectivity index (χ1v) is 12.3. The van der Waals surface area contributed by atoms with Gasteiger partial charge in [0.05, 0.1) is 79.2 Å². The second-order valence-corrected chi connectivity index (χ2v) is 9.49. The van der Waals surface area contributed by atoms with Crippen LogP contribution in [0.3, 0.4) is 0 Å². The molecule has 0 unspecified atom stereocenters. The van der Waals surface area contributed by atoms with E-state index in [0.29, 0.717) is 0 Å². The molecule has 0 aromatic carbocycles. The summed E-state index contributed by atoms with van der Waals surface area (Å²) < 4.78 is 21.0. The number of nitrogens with zero attached hydrogens (tertiary/aromatic N) is 4. The highest BCUT2D eigenvalue weighted by Crippen LogP contribution is 2.33. The van der Waals surface area contributed by atoms with Gasteiger partial charge in [-0.1, -0.05) is 0 Å². The molecule has 37 heavy (non-hydrogen) atoms. The third kappa shape index (κ3) is 7.36. The van der Waals surface area contributed by atoms with Crippen LogP contribution in [0, 0.1) is 0 Å². The van der Waals surface area contributed by atoms with E-state index in [2.05, 4.69) is 0 Å². The van der Waals surface area contributed by atoms with Crippen molar-refractivity contribution in [2.24, 2.45) is 0 Å². The predicted molar refractivity (Wildman–Crippen MR) is 128 cm³/mol. The number of imide groups is 2. The SMILES string of the molecule is CC1(C)C(=O)N(CCOCCOCCO)C(=O)N1CN1C(=O)N(CCOCCOCCO)C(=O)C1(C)C. The molecule has 0 aliphatic carbocycles. The van der Waals surface area contributed by atoms with E-state index < -0.39 is 35.0 Å². The lowest BCUT2D eigenvalue weighted by Crippen LogP contribution is -2.55. The second kappa shape index (κ2) is 14.0. The van der Waals surface area contributed by atoms with E-state index in [1.807, 2.05) is 0 Å². The van der Waals surface area contributed by atoms with Gasteiger partial charge in [-0.15, -0.1) is 0 Å². The zero-order valence-electron chi connectivity index (χ0n) is 22.1. The minimum atomic E-state index is -1.23. The van der Waals surface area contributed by atoms with Crippen LogP contribution in [-0.2, 0) is 28.5 Å². The van der Waals surface area contributed by atoms with Crippen LogP contribution in [-0.4, -0.2) is 151 Å². The van der Waals surface area contributed by atoms with Crippen LogP contribution < -0.4 is 0 Å². The fourth-order valence-electron chi connectivity index (χ4n) is 3.93. The van der Waals surface area contributed by atoms with Crippen molar-refractivity contribution >= 4 is 23.9 Å². The fourth-order valence-corrected chi connectivity index (χ4v) is 3.93. The Hall–Kier alpha value is -2.36. The van der Waals surface area contributed by atoms with Crippen LogP contribution in [0.1, 0.15) is 27.7 Å². The Balaban J connectivity index is 1.95. The summed E-state index contributed by atoms with van der Waals surface area (Å²) in [7, 11) is 0. The van der Waals surface area contributed by atoms with Crippen LogP contribution in [0.5, 0.6) is 0 Å². The number of aliphatic hydroxyl groups is 2. The van der Waals surface area contributed by atoms with Gasteiger partial charge in [0, 0.05) is 0 Å². The molecule has 2 heterocycles. The topological polar surface area (TPSA) is 159 Å². The van der Waals surface area contributed by atoms with Crippen LogP contribution >= 0.6 is 0 Å². The van der Waals surface area contributed by atoms with Crippen molar-refractivity contribution in [3.63, 3.8) is 0 Å². The molecule has 2 rings (SSSR count). The van der Waals surface area contributed by atoms with Gasteiger partial charge in [-0.3, -0.25) is 29.2 Å². The summed E-state index contributed by atoms with van der Waals surface area (Å²) in [5, 5.41) is 17.4. The number of urea groups is 2. The molecule has 0 spiro atoms. The largest absolute Gasteiger partial charge is 0.394 e. The lowest BCUT2D eigenvalue weighted by Gasteiger charge is -2.36. The van der Waals surface area contributed by atoms with Gasteiger partial charge < -0.3 is 29.2 Å². The number of carbonyl (C=O) groups is 4. The van der Waals surface area contributed by atoms with Crippen LogP contribution in [0.4, 0.5) is 9.59 Å². The van der Waals surface area contributed by atoms with Crippen molar-refractivity contribution < 1.29 is 48.3 Å². The molecule has 0 bridgehead atoms. The standard InChI is InChI=1S/C23H40N4O10/c1-22(2)18(30)24(5-9-34-13-15-36-11-7-28)20(32)26(22)17-27-21(33)25(19(31)23(27,3)4)6-10-35-14-16-37-12-8-29/h28-29H,5-17H2,1-4H3. The molecule has 212 valence electrons. The molecule has 0 radical (unpaired) electrons. The summed E-state index contributed by atoms with van der Waals surface area (Å²) in [4.78, 5) is 57.0. The molecule has 2 aliphatic rings. The summed E-state index contributed by atoms with van der Waals surface area (Å²) in [6, 6.07) is -1.15. The molecule has 2 fully saturated rings. The molecule has 14 heteroatoms. The van der Waals surface area contributed by atoms with Gasteiger partial charge in [-0.05, 0) is 27.7 Å². The fraction of sp³-hybridized carbons (Fsp3) is 0.826. The minimum Gasteiger partial charge on any atom is -0.394 e. The van der Waals surface area contributed by atoms with Crippen molar-refractivity contribution in [3.8, 4) is 0 Å². The summed E-state index contributed by atoms with van der Waals surface area (Å²) in [6.07, 6.45) is 0. The summed E-state index contributed by atoms with van der Waals surface area (Å²) >= 11 is 0. The highest BCUT2D eigenvalue weighted by Gasteiger charge is 2.56. The number of hydrogen-bond donors (Lipinski definition) is 2. The Labute approximate surface area is 216 Å². The Bertz CT molecular complexity index is 742. The number of hydrogen-bond acceptors (Lipinski definition) is 10. The molecule has 6 amide bonds. The van der Waals surface area contributed by atoms with E-state index in [1.165, 1.54) is 9.80 Å². The Morgan fingerprint density at radius 3 is 1.22 bits per heavy atom. The molecular formula is C23H40N4O10. The molecule has 2 saturated heterocycles. The van der Waals surface area contributed by atoms with Gasteiger partial charge in [-0.2, -0.15) is 0 Å². The number of aliphatic hydroxyl groups excluding tert-OH is 2. The molecule has 0 saturated carbocycles. The second-order valence-electron chi connectivity index (χ2n) is 9.49. The van der Waals surface area contributed by atoms with Gasteiger partial charge in [0.15, 0.2) is 0 Å². The average molecular weight is 533 g/mol. The normalized spacial score (nSPS) is 19.2.